The average molecular weight is 204 g/mol. The predicted molar refractivity (Wildman–Crippen MR) is 48.7 cm³/mol. The lowest BCUT2D eigenvalue weighted by Gasteiger charge is -2.20. The fourth-order valence-electron chi connectivity index (χ4n) is 0.603. The first-order valence-electron chi connectivity index (χ1n) is 4.36. The van der Waals surface area contributed by atoms with Crippen LogP contribution in [0.4, 0.5) is 0 Å². The molecule has 0 unspecified atom stereocenters. The van der Waals surface area contributed by atoms with E-state index in [0.29, 0.717) is 0 Å². The maximum Gasteiger partial charge on any atom is 0.306 e. The van der Waals surface area contributed by atoms with Gasteiger partial charge in [-0.2, -0.15) is 0 Å². The molecule has 0 spiro atoms. The summed E-state index contributed by atoms with van der Waals surface area (Å²) in [5.41, 5.74) is -0.473. The normalized spacial score (nSPS) is 11.1. The Morgan fingerprint density at radius 1 is 1.29 bits per heavy atom. The number of carboxylic acid groups (broad SMARTS) is 1. The molecule has 0 aromatic rings. The van der Waals surface area contributed by atoms with E-state index in [0.717, 1.165) is 0 Å². The van der Waals surface area contributed by atoms with E-state index >= 15 is 0 Å². The molecule has 5 nitrogen and oxygen atoms in total. The van der Waals surface area contributed by atoms with Crippen LogP contribution in [-0.4, -0.2) is 35.4 Å². The number of carbonyl (C=O) groups is 2. The van der Waals surface area contributed by atoms with Crippen molar-refractivity contribution in [3.8, 4) is 0 Å². The van der Waals surface area contributed by atoms with Gasteiger partial charge in [0, 0.05) is 5.41 Å². The third-order valence-electron chi connectivity index (χ3n) is 1.59. The van der Waals surface area contributed by atoms with Crippen LogP contribution in [-0.2, 0) is 14.3 Å². The Hall–Kier alpha value is -1.10. The van der Waals surface area contributed by atoms with E-state index in [9.17, 15) is 9.59 Å². The summed E-state index contributed by atoms with van der Waals surface area (Å²) < 4.78 is 4.79. The molecule has 0 aromatic carbocycles. The Balaban J connectivity index is 3.69. The summed E-state index contributed by atoms with van der Waals surface area (Å²) in [6.45, 7) is 3.51. The maximum absolute atomic E-state index is 10.9. The molecule has 0 atom stereocenters. The fourth-order valence-corrected chi connectivity index (χ4v) is 0.603. The first-order chi connectivity index (χ1) is 6.37. The van der Waals surface area contributed by atoms with Gasteiger partial charge in [0.25, 0.3) is 0 Å². The van der Waals surface area contributed by atoms with E-state index in [-0.39, 0.29) is 26.1 Å². The van der Waals surface area contributed by atoms with Crippen LogP contribution in [0.5, 0.6) is 0 Å². The Morgan fingerprint density at radius 3 is 2.29 bits per heavy atom. The molecule has 0 radical (unpaired) electrons. The van der Waals surface area contributed by atoms with E-state index in [1.54, 1.807) is 13.8 Å². The highest BCUT2D eigenvalue weighted by molar-refractivity contribution is 5.76. The van der Waals surface area contributed by atoms with Crippen molar-refractivity contribution in [3.63, 3.8) is 0 Å². The van der Waals surface area contributed by atoms with Gasteiger partial charge >= 0.3 is 11.9 Å². The Labute approximate surface area is 82.7 Å². The predicted octanol–water partition coefficient (Wildman–Crippen LogP) is 0.413. The second kappa shape index (κ2) is 5.59. The maximum atomic E-state index is 10.9. The molecule has 0 saturated heterocycles. The molecule has 0 amide bonds. The fraction of sp³-hybridized carbons (Fsp3) is 0.778. The minimum atomic E-state index is -1.02. The molecule has 0 aliphatic rings. The van der Waals surface area contributed by atoms with Gasteiger partial charge in [0.1, 0.15) is 0 Å². The van der Waals surface area contributed by atoms with Crippen molar-refractivity contribution >= 4 is 11.9 Å². The zero-order valence-corrected chi connectivity index (χ0v) is 8.45. The highest BCUT2D eigenvalue weighted by Gasteiger charge is 2.19. The highest BCUT2D eigenvalue weighted by Crippen LogP contribution is 2.14. The van der Waals surface area contributed by atoms with Gasteiger partial charge in [-0.3, -0.25) is 9.59 Å². The molecule has 14 heavy (non-hydrogen) atoms. The van der Waals surface area contributed by atoms with Crippen molar-refractivity contribution in [3.05, 3.63) is 0 Å². The van der Waals surface area contributed by atoms with Gasteiger partial charge < -0.3 is 14.9 Å². The Bertz CT molecular complexity index is 209. The number of aliphatic hydroxyl groups excluding tert-OH is 1. The number of carbonyl (C=O) groups excluding carboxylic acids is 1. The van der Waals surface area contributed by atoms with Gasteiger partial charge in [0.05, 0.1) is 26.1 Å². The van der Waals surface area contributed by atoms with Gasteiger partial charge in [0.15, 0.2) is 0 Å². The number of esters is 1. The van der Waals surface area contributed by atoms with Crippen molar-refractivity contribution in [2.45, 2.75) is 26.7 Å². The highest BCUT2D eigenvalue weighted by atomic mass is 16.5. The van der Waals surface area contributed by atoms with E-state index in [4.69, 9.17) is 14.9 Å². The summed E-state index contributed by atoms with van der Waals surface area (Å²) >= 11 is 0. The molecule has 0 fully saturated rings. The quantitative estimate of drug-likeness (QED) is 0.612. The van der Waals surface area contributed by atoms with Gasteiger partial charge in [-0.1, -0.05) is 13.8 Å². The third-order valence-corrected chi connectivity index (χ3v) is 1.59. The molecule has 0 heterocycles. The van der Waals surface area contributed by atoms with E-state index in [1.807, 2.05) is 0 Å². The van der Waals surface area contributed by atoms with Gasteiger partial charge in [-0.15, -0.1) is 0 Å². The van der Waals surface area contributed by atoms with Crippen LogP contribution < -0.4 is 0 Å². The molecular formula is C9H16O5. The van der Waals surface area contributed by atoms with Crippen LogP contribution in [0.25, 0.3) is 0 Å². The van der Waals surface area contributed by atoms with Gasteiger partial charge in [0.2, 0.25) is 0 Å². The van der Waals surface area contributed by atoms with Crippen LogP contribution in [0, 0.1) is 5.41 Å². The van der Waals surface area contributed by atoms with E-state index in [1.165, 1.54) is 0 Å². The number of hydrogen-bond donors (Lipinski definition) is 2. The lowest BCUT2D eigenvalue weighted by molar-refractivity contribution is -0.150. The molecule has 0 saturated carbocycles. The lowest BCUT2D eigenvalue weighted by Crippen LogP contribution is -2.25. The first kappa shape index (κ1) is 12.9. The minimum Gasteiger partial charge on any atom is -0.481 e. The summed E-state index contributed by atoms with van der Waals surface area (Å²) in [5, 5.41) is 17.1. The molecular weight excluding hydrogens is 188 g/mol. The molecule has 0 aromatic heterocycles. The molecule has 0 aliphatic heterocycles. The zero-order chi connectivity index (χ0) is 11.2. The van der Waals surface area contributed by atoms with Crippen LogP contribution in [0.3, 0.4) is 0 Å². The average Bonchev–Trinajstić information content (AvgIpc) is 2.11. The van der Waals surface area contributed by atoms with Crippen molar-refractivity contribution in [1.82, 2.24) is 0 Å². The monoisotopic (exact) mass is 204 g/mol. The summed E-state index contributed by atoms with van der Waals surface area (Å²) in [7, 11) is 0. The van der Waals surface area contributed by atoms with Crippen molar-refractivity contribution in [1.29, 1.82) is 0 Å². The number of ether oxygens (including phenoxy) is 1. The SMILES string of the molecule is CC(C)(CO)COC(=O)CCC(=O)O. The number of rotatable bonds is 6. The summed E-state index contributed by atoms with van der Waals surface area (Å²) in [5.74, 6) is -1.57. The number of aliphatic carboxylic acids is 1. The second-order valence-corrected chi connectivity index (χ2v) is 3.88. The molecule has 0 aliphatic carbocycles. The smallest absolute Gasteiger partial charge is 0.306 e. The topological polar surface area (TPSA) is 83.8 Å². The number of hydrogen-bond acceptors (Lipinski definition) is 4. The number of aliphatic hydroxyl groups is 1. The largest absolute Gasteiger partial charge is 0.481 e. The van der Waals surface area contributed by atoms with Crippen LogP contribution in [0.2, 0.25) is 0 Å². The summed E-state index contributed by atoms with van der Waals surface area (Å²) in [6.07, 6.45) is -0.352. The lowest BCUT2D eigenvalue weighted by atomic mass is 9.97. The molecule has 0 rings (SSSR count). The summed E-state index contributed by atoms with van der Waals surface area (Å²) in [4.78, 5) is 21.1. The van der Waals surface area contributed by atoms with Gasteiger partial charge in [-0.25, -0.2) is 0 Å². The number of carboxylic acids is 1. The van der Waals surface area contributed by atoms with Crippen LogP contribution in [0.15, 0.2) is 0 Å². The molecule has 0 bridgehead atoms. The Kier molecular flexibility index (Phi) is 5.15. The molecule has 82 valence electrons. The Morgan fingerprint density at radius 2 is 1.86 bits per heavy atom. The van der Waals surface area contributed by atoms with E-state index < -0.39 is 17.4 Å². The minimum absolute atomic E-state index is 0.0841. The van der Waals surface area contributed by atoms with Crippen molar-refractivity contribution < 1.29 is 24.5 Å². The van der Waals surface area contributed by atoms with E-state index in [2.05, 4.69) is 0 Å². The molecule has 2 N–H and O–H groups in total. The van der Waals surface area contributed by atoms with Gasteiger partial charge in [-0.05, 0) is 0 Å². The van der Waals surface area contributed by atoms with Crippen molar-refractivity contribution in [2.75, 3.05) is 13.2 Å². The van der Waals surface area contributed by atoms with Crippen LogP contribution in [0.1, 0.15) is 26.7 Å². The summed E-state index contributed by atoms with van der Waals surface area (Å²) in [6, 6.07) is 0. The van der Waals surface area contributed by atoms with Crippen molar-refractivity contribution in [2.24, 2.45) is 5.41 Å². The zero-order valence-electron chi connectivity index (χ0n) is 8.45. The second-order valence-electron chi connectivity index (χ2n) is 3.88. The standard InChI is InChI=1S/C9H16O5/c1-9(2,5-10)6-14-8(13)4-3-7(11)12/h10H,3-6H2,1-2H3,(H,11,12). The molecule has 5 heteroatoms. The van der Waals surface area contributed by atoms with Crippen LogP contribution >= 0.6 is 0 Å². The third kappa shape index (κ3) is 6.42. The first-order valence-corrected chi connectivity index (χ1v) is 4.36.